The minimum atomic E-state index is -0.532. The monoisotopic (exact) mass is 363 g/mol. The summed E-state index contributed by atoms with van der Waals surface area (Å²) in [6.45, 7) is -0.391. The zero-order valence-corrected chi connectivity index (χ0v) is 14.6. The first-order chi connectivity index (χ1) is 12.0. The number of ether oxygens (including phenoxy) is 3. The van der Waals surface area contributed by atoms with E-state index < -0.39 is 18.5 Å². The molecule has 0 bridgehead atoms. The van der Waals surface area contributed by atoms with Gasteiger partial charge in [-0.2, -0.15) is 0 Å². The molecule has 132 valence electrons. The van der Waals surface area contributed by atoms with Crippen LogP contribution in [0.25, 0.3) is 0 Å². The molecular formula is C18H18ClNO5. The average Bonchev–Trinajstić information content (AvgIpc) is 2.62. The molecule has 0 heterocycles. The Labute approximate surface area is 150 Å². The highest BCUT2D eigenvalue weighted by atomic mass is 35.5. The van der Waals surface area contributed by atoms with E-state index in [1.807, 2.05) is 0 Å². The number of methoxy groups -OCH3 is 2. The van der Waals surface area contributed by atoms with Crippen molar-refractivity contribution >= 4 is 29.2 Å². The van der Waals surface area contributed by atoms with E-state index in [0.29, 0.717) is 27.8 Å². The normalized spacial score (nSPS) is 10.0. The number of carbonyl (C=O) groups is 2. The fourth-order valence-corrected chi connectivity index (χ4v) is 2.31. The van der Waals surface area contributed by atoms with Crippen molar-refractivity contribution < 1.29 is 23.8 Å². The van der Waals surface area contributed by atoms with Crippen molar-refractivity contribution in [3.05, 3.63) is 53.1 Å². The van der Waals surface area contributed by atoms with Gasteiger partial charge < -0.3 is 19.5 Å². The summed E-state index contributed by atoms with van der Waals surface area (Å²) in [5.41, 5.74) is 1.15. The number of anilines is 1. The molecule has 7 heteroatoms. The van der Waals surface area contributed by atoms with Crippen LogP contribution in [0.15, 0.2) is 42.5 Å². The van der Waals surface area contributed by atoms with Crippen LogP contribution in [0.2, 0.25) is 5.02 Å². The first-order valence-corrected chi connectivity index (χ1v) is 7.82. The van der Waals surface area contributed by atoms with Crippen molar-refractivity contribution in [3.63, 3.8) is 0 Å². The molecule has 0 aliphatic rings. The number of benzene rings is 2. The Bertz CT molecular complexity index is 763. The predicted molar refractivity (Wildman–Crippen MR) is 94.3 cm³/mol. The van der Waals surface area contributed by atoms with Crippen LogP contribution >= 0.6 is 11.6 Å². The highest BCUT2D eigenvalue weighted by Gasteiger charge is 2.12. The van der Waals surface area contributed by atoms with Crippen LogP contribution in [0.1, 0.15) is 5.56 Å². The molecule has 25 heavy (non-hydrogen) atoms. The largest absolute Gasteiger partial charge is 0.493 e. The minimum Gasteiger partial charge on any atom is -0.493 e. The van der Waals surface area contributed by atoms with E-state index in [4.69, 9.17) is 25.8 Å². The molecule has 0 saturated heterocycles. The third kappa shape index (κ3) is 5.39. The van der Waals surface area contributed by atoms with E-state index >= 15 is 0 Å². The van der Waals surface area contributed by atoms with Crippen molar-refractivity contribution in [2.45, 2.75) is 6.42 Å². The number of esters is 1. The van der Waals surface area contributed by atoms with Gasteiger partial charge in [0.1, 0.15) is 0 Å². The SMILES string of the molecule is COc1ccc(NC(=O)COC(=O)Cc2ccccc2Cl)cc1OC. The number of hydrogen-bond donors (Lipinski definition) is 1. The Balaban J connectivity index is 1.86. The van der Waals surface area contributed by atoms with Gasteiger partial charge in [-0.1, -0.05) is 29.8 Å². The van der Waals surface area contributed by atoms with Gasteiger partial charge >= 0.3 is 5.97 Å². The van der Waals surface area contributed by atoms with Crippen molar-refractivity contribution in [1.29, 1.82) is 0 Å². The molecule has 0 aliphatic heterocycles. The molecule has 2 aromatic rings. The molecule has 0 radical (unpaired) electrons. The maximum absolute atomic E-state index is 11.9. The Morgan fingerprint density at radius 2 is 1.76 bits per heavy atom. The molecule has 1 N–H and O–H groups in total. The lowest BCUT2D eigenvalue weighted by Gasteiger charge is -2.11. The molecule has 0 spiro atoms. The number of halogens is 1. The molecule has 0 saturated carbocycles. The summed E-state index contributed by atoms with van der Waals surface area (Å²) in [7, 11) is 3.02. The van der Waals surface area contributed by atoms with Crippen LogP contribution in [-0.2, 0) is 20.7 Å². The standard InChI is InChI=1S/C18H18ClNO5/c1-23-15-8-7-13(10-16(15)24-2)20-17(21)11-25-18(22)9-12-5-3-4-6-14(12)19/h3-8,10H,9,11H2,1-2H3,(H,20,21). The van der Waals surface area contributed by atoms with E-state index in [1.54, 1.807) is 42.5 Å². The second-order valence-electron chi connectivity index (χ2n) is 5.05. The van der Waals surface area contributed by atoms with Gasteiger partial charge in [0, 0.05) is 16.8 Å². The van der Waals surface area contributed by atoms with E-state index in [-0.39, 0.29) is 6.42 Å². The van der Waals surface area contributed by atoms with Gasteiger partial charge in [-0.15, -0.1) is 0 Å². The van der Waals surface area contributed by atoms with Gasteiger partial charge in [0.25, 0.3) is 5.91 Å². The zero-order valence-electron chi connectivity index (χ0n) is 13.9. The smallest absolute Gasteiger partial charge is 0.310 e. The first-order valence-electron chi connectivity index (χ1n) is 7.44. The molecular weight excluding hydrogens is 346 g/mol. The lowest BCUT2D eigenvalue weighted by molar-refractivity contribution is -0.146. The van der Waals surface area contributed by atoms with Crippen LogP contribution in [-0.4, -0.2) is 32.7 Å². The Hall–Kier alpha value is -2.73. The summed E-state index contributed by atoms with van der Waals surface area (Å²) in [5, 5.41) is 3.10. The molecule has 0 aromatic heterocycles. The molecule has 2 aromatic carbocycles. The van der Waals surface area contributed by atoms with Gasteiger partial charge in [0.2, 0.25) is 0 Å². The van der Waals surface area contributed by atoms with Gasteiger partial charge in [0.15, 0.2) is 18.1 Å². The number of hydrogen-bond acceptors (Lipinski definition) is 5. The Morgan fingerprint density at radius 1 is 1.04 bits per heavy atom. The molecule has 6 nitrogen and oxygen atoms in total. The summed E-state index contributed by atoms with van der Waals surface area (Å²) in [5.74, 6) is 0.0398. The summed E-state index contributed by atoms with van der Waals surface area (Å²) < 4.78 is 15.3. The molecule has 0 fully saturated rings. The zero-order chi connectivity index (χ0) is 18.2. The van der Waals surface area contributed by atoms with E-state index in [0.717, 1.165) is 0 Å². The highest BCUT2D eigenvalue weighted by molar-refractivity contribution is 6.31. The van der Waals surface area contributed by atoms with Crippen LogP contribution in [0.4, 0.5) is 5.69 Å². The average molecular weight is 364 g/mol. The number of rotatable bonds is 7. The molecule has 1 amide bonds. The second kappa shape index (κ2) is 8.94. The predicted octanol–water partition coefficient (Wildman–Crippen LogP) is 3.08. The lowest BCUT2D eigenvalue weighted by atomic mass is 10.1. The van der Waals surface area contributed by atoms with Crippen LogP contribution < -0.4 is 14.8 Å². The first kappa shape index (κ1) is 18.6. The number of amides is 1. The number of nitrogens with one attached hydrogen (secondary N) is 1. The molecule has 0 aliphatic carbocycles. The van der Waals surface area contributed by atoms with Crippen LogP contribution in [0.3, 0.4) is 0 Å². The molecule has 2 rings (SSSR count). The number of carbonyl (C=O) groups excluding carboxylic acids is 2. The summed E-state index contributed by atoms with van der Waals surface area (Å²) in [6.07, 6.45) is 0.00329. The Morgan fingerprint density at radius 3 is 2.44 bits per heavy atom. The van der Waals surface area contributed by atoms with E-state index in [2.05, 4.69) is 5.32 Å². The fourth-order valence-electron chi connectivity index (χ4n) is 2.11. The lowest BCUT2D eigenvalue weighted by Crippen LogP contribution is -2.21. The maximum atomic E-state index is 11.9. The van der Waals surface area contributed by atoms with Crippen LogP contribution in [0.5, 0.6) is 11.5 Å². The molecule has 0 atom stereocenters. The summed E-state index contributed by atoms with van der Waals surface area (Å²) in [6, 6.07) is 11.9. The Kier molecular flexibility index (Phi) is 6.65. The van der Waals surface area contributed by atoms with Gasteiger partial charge in [0.05, 0.1) is 20.6 Å². The second-order valence-corrected chi connectivity index (χ2v) is 5.45. The molecule has 0 unspecified atom stereocenters. The third-order valence-electron chi connectivity index (χ3n) is 3.32. The van der Waals surface area contributed by atoms with E-state index in [1.165, 1.54) is 14.2 Å². The maximum Gasteiger partial charge on any atom is 0.310 e. The van der Waals surface area contributed by atoms with Gasteiger partial charge in [-0.3, -0.25) is 9.59 Å². The van der Waals surface area contributed by atoms with Crippen molar-refractivity contribution in [2.24, 2.45) is 0 Å². The fraction of sp³-hybridized carbons (Fsp3) is 0.222. The van der Waals surface area contributed by atoms with Crippen LogP contribution in [0, 0.1) is 0 Å². The van der Waals surface area contributed by atoms with E-state index in [9.17, 15) is 9.59 Å². The van der Waals surface area contributed by atoms with Crippen molar-refractivity contribution in [2.75, 3.05) is 26.1 Å². The topological polar surface area (TPSA) is 73.9 Å². The van der Waals surface area contributed by atoms with Crippen molar-refractivity contribution in [3.8, 4) is 11.5 Å². The summed E-state index contributed by atoms with van der Waals surface area (Å²) in [4.78, 5) is 23.7. The third-order valence-corrected chi connectivity index (χ3v) is 3.69. The van der Waals surface area contributed by atoms with Gasteiger partial charge in [-0.25, -0.2) is 0 Å². The van der Waals surface area contributed by atoms with Crippen molar-refractivity contribution in [1.82, 2.24) is 0 Å². The van der Waals surface area contributed by atoms with Gasteiger partial charge in [-0.05, 0) is 23.8 Å². The quantitative estimate of drug-likeness (QED) is 0.765. The summed E-state index contributed by atoms with van der Waals surface area (Å²) >= 11 is 5.98. The minimum absolute atomic E-state index is 0.00329. The highest BCUT2D eigenvalue weighted by Crippen LogP contribution is 2.29.